The molecule has 0 saturated carbocycles. The number of carbonyl (C=O) groups excluding carboxylic acids is 1. The van der Waals surface area contributed by atoms with Crippen LogP contribution in [0.4, 0.5) is 0 Å². The number of allylic oxidation sites excluding steroid dienone is 2. The lowest BCUT2D eigenvalue weighted by molar-refractivity contribution is -0.112. The molecular weight excluding hydrogens is 301 g/mol. The van der Waals surface area contributed by atoms with Crippen molar-refractivity contribution >= 4 is 34.8 Å². The van der Waals surface area contributed by atoms with Gasteiger partial charge in [-0.3, -0.25) is 10.2 Å². The molecule has 0 aromatic rings. The maximum atomic E-state index is 11.7. The van der Waals surface area contributed by atoms with Crippen LogP contribution in [0.3, 0.4) is 0 Å². The number of hydrazone groups is 1. The first kappa shape index (κ1) is 15.4. The Morgan fingerprint density at radius 3 is 2.80 bits per heavy atom. The van der Waals surface area contributed by atoms with Gasteiger partial charge in [0, 0.05) is 25.0 Å². The zero-order valence-corrected chi connectivity index (χ0v) is 12.7. The molecule has 1 heterocycles. The summed E-state index contributed by atoms with van der Waals surface area (Å²) in [6.45, 7) is 3.98. The molecule has 0 amide bonds. The van der Waals surface area contributed by atoms with E-state index in [1.54, 1.807) is 12.2 Å². The number of carbonyl (C=O) groups is 1. The summed E-state index contributed by atoms with van der Waals surface area (Å²) in [6, 6.07) is -0.321. The van der Waals surface area contributed by atoms with Gasteiger partial charge >= 0.3 is 0 Å². The van der Waals surface area contributed by atoms with Crippen molar-refractivity contribution in [3.63, 3.8) is 0 Å². The van der Waals surface area contributed by atoms with Crippen molar-refractivity contribution in [1.29, 1.82) is 0 Å². The summed E-state index contributed by atoms with van der Waals surface area (Å²) in [6.07, 6.45) is 5.38. The van der Waals surface area contributed by atoms with E-state index < -0.39 is 0 Å². The van der Waals surface area contributed by atoms with Crippen molar-refractivity contribution in [2.75, 3.05) is 26.3 Å². The van der Waals surface area contributed by atoms with Gasteiger partial charge in [-0.2, -0.15) is 5.10 Å². The maximum Gasteiger partial charge on any atom is 0.196 e. The summed E-state index contributed by atoms with van der Waals surface area (Å²) in [5.74, 6) is 0.285. The molecule has 0 aromatic heterocycles. The van der Waals surface area contributed by atoms with Crippen LogP contribution in [0, 0.1) is 0 Å². The van der Waals surface area contributed by atoms with E-state index in [-0.39, 0.29) is 17.2 Å². The van der Waals surface area contributed by atoms with Gasteiger partial charge in [0.05, 0.1) is 24.6 Å². The predicted molar refractivity (Wildman–Crippen MR) is 80.1 cm³/mol. The van der Waals surface area contributed by atoms with E-state index in [1.807, 2.05) is 11.0 Å². The highest BCUT2D eigenvalue weighted by atomic mass is 35.5. The topological polar surface area (TPSA) is 53.9 Å². The lowest BCUT2D eigenvalue weighted by Gasteiger charge is -2.29. The third kappa shape index (κ3) is 3.75. The number of amidine groups is 1. The normalized spacial score (nSPS) is 27.2. The molecule has 0 bridgehead atoms. The Kier molecular flexibility index (Phi) is 5.46. The van der Waals surface area contributed by atoms with Crippen LogP contribution in [0.5, 0.6) is 0 Å². The van der Waals surface area contributed by atoms with Crippen LogP contribution in [-0.2, 0) is 9.53 Å². The van der Waals surface area contributed by atoms with Crippen molar-refractivity contribution in [2.24, 2.45) is 5.10 Å². The number of alkyl halides is 1. The van der Waals surface area contributed by atoms with Gasteiger partial charge in [0.25, 0.3) is 0 Å². The van der Waals surface area contributed by atoms with Gasteiger partial charge in [0.15, 0.2) is 11.6 Å². The number of rotatable bonds is 3. The lowest BCUT2D eigenvalue weighted by atomic mass is 10.1. The second-order valence-electron chi connectivity index (χ2n) is 4.58. The van der Waals surface area contributed by atoms with E-state index >= 15 is 0 Å². The van der Waals surface area contributed by atoms with Gasteiger partial charge in [-0.15, -0.1) is 11.6 Å². The SMILES string of the molecule is CC(=O)/C(=N\N[C@H]1C(Cl)=CC=C[C@H]1Cl)N1CCOCC1. The Bertz CT molecular complexity index is 457. The van der Waals surface area contributed by atoms with Gasteiger partial charge in [0.2, 0.25) is 0 Å². The molecule has 0 radical (unpaired) electrons. The first-order valence-electron chi connectivity index (χ1n) is 6.44. The number of Topliss-reactive ketones (excluding diaryl/α,β-unsaturated/α-hetero) is 1. The number of nitrogens with zero attached hydrogens (tertiary/aromatic N) is 2. The Hall–Kier alpha value is -1.04. The second kappa shape index (κ2) is 7.11. The minimum absolute atomic E-state index is 0.100. The third-order valence-electron chi connectivity index (χ3n) is 3.10. The van der Waals surface area contributed by atoms with E-state index in [0.29, 0.717) is 37.2 Å². The van der Waals surface area contributed by atoms with Crippen molar-refractivity contribution < 1.29 is 9.53 Å². The summed E-state index contributed by atoms with van der Waals surface area (Å²) >= 11 is 12.3. The average molecular weight is 318 g/mol. The fraction of sp³-hybridized carbons (Fsp3) is 0.538. The Morgan fingerprint density at radius 1 is 1.50 bits per heavy atom. The molecule has 1 fully saturated rings. The minimum atomic E-state index is -0.321. The molecule has 2 aliphatic rings. The van der Waals surface area contributed by atoms with E-state index in [0.717, 1.165) is 0 Å². The number of hydrogen-bond donors (Lipinski definition) is 1. The van der Waals surface area contributed by atoms with Crippen molar-refractivity contribution in [3.05, 3.63) is 23.3 Å². The number of nitrogens with one attached hydrogen (secondary N) is 1. The number of ketones is 1. The van der Waals surface area contributed by atoms with Crippen molar-refractivity contribution in [2.45, 2.75) is 18.3 Å². The quantitative estimate of drug-likeness (QED) is 0.371. The first-order chi connectivity index (χ1) is 9.59. The second-order valence-corrected chi connectivity index (χ2v) is 5.52. The highest BCUT2D eigenvalue weighted by Crippen LogP contribution is 2.21. The van der Waals surface area contributed by atoms with Crippen LogP contribution in [0.2, 0.25) is 0 Å². The van der Waals surface area contributed by atoms with Crippen molar-refractivity contribution in [3.8, 4) is 0 Å². The number of halogens is 2. The highest BCUT2D eigenvalue weighted by Gasteiger charge is 2.24. The fourth-order valence-electron chi connectivity index (χ4n) is 2.03. The van der Waals surface area contributed by atoms with Crippen LogP contribution in [0.25, 0.3) is 0 Å². The molecule has 0 spiro atoms. The summed E-state index contributed by atoms with van der Waals surface area (Å²) in [5, 5.41) is 4.49. The fourth-order valence-corrected chi connectivity index (χ4v) is 2.63. The average Bonchev–Trinajstić information content (AvgIpc) is 2.43. The third-order valence-corrected chi connectivity index (χ3v) is 3.86. The molecular formula is C13H17Cl2N3O2. The van der Waals surface area contributed by atoms with Crippen LogP contribution in [0.1, 0.15) is 6.92 Å². The predicted octanol–water partition coefficient (Wildman–Crippen LogP) is 1.48. The molecule has 1 saturated heterocycles. The molecule has 7 heteroatoms. The Balaban J connectivity index is 2.07. The van der Waals surface area contributed by atoms with Crippen LogP contribution < -0.4 is 5.43 Å². The van der Waals surface area contributed by atoms with Gasteiger partial charge in [0.1, 0.15) is 0 Å². The molecule has 0 unspecified atom stereocenters. The molecule has 20 heavy (non-hydrogen) atoms. The Labute approximate surface area is 128 Å². The monoisotopic (exact) mass is 317 g/mol. The molecule has 1 aliphatic heterocycles. The Morgan fingerprint density at radius 2 is 2.20 bits per heavy atom. The van der Waals surface area contributed by atoms with Gasteiger partial charge in [-0.05, 0) is 6.08 Å². The van der Waals surface area contributed by atoms with Crippen LogP contribution in [-0.4, -0.2) is 54.2 Å². The zero-order chi connectivity index (χ0) is 14.5. The van der Waals surface area contributed by atoms with E-state index in [1.165, 1.54) is 6.92 Å². The van der Waals surface area contributed by atoms with Gasteiger partial charge in [-0.25, -0.2) is 0 Å². The molecule has 110 valence electrons. The largest absolute Gasteiger partial charge is 0.378 e. The van der Waals surface area contributed by atoms with Crippen LogP contribution >= 0.6 is 23.2 Å². The first-order valence-corrected chi connectivity index (χ1v) is 7.26. The highest BCUT2D eigenvalue weighted by molar-refractivity contribution is 6.37. The van der Waals surface area contributed by atoms with Crippen molar-refractivity contribution in [1.82, 2.24) is 10.3 Å². The minimum Gasteiger partial charge on any atom is -0.378 e. The zero-order valence-electron chi connectivity index (χ0n) is 11.2. The molecule has 5 nitrogen and oxygen atoms in total. The van der Waals surface area contributed by atoms with E-state index in [2.05, 4.69) is 10.5 Å². The molecule has 2 atom stereocenters. The van der Waals surface area contributed by atoms with Gasteiger partial charge < -0.3 is 9.64 Å². The molecule has 1 aliphatic carbocycles. The van der Waals surface area contributed by atoms with E-state index in [9.17, 15) is 4.79 Å². The summed E-state index contributed by atoms with van der Waals surface area (Å²) in [4.78, 5) is 13.6. The number of ether oxygens (including phenoxy) is 1. The number of hydrogen-bond acceptors (Lipinski definition) is 4. The maximum absolute atomic E-state index is 11.7. The smallest absolute Gasteiger partial charge is 0.196 e. The van der Waals surface area contributed by atoms with E-state index in [4.69, 9.17) is 27.9 Å². The number of morpholine rings is 1. The van der Waals surface area contributed by atoms with Gasteiger partial charge in [-0.1, -0.05) is 23.8 Å². The molecule has 1 N–H and O–H groups in total. The molecule has 2 rings (SSSR count). The standard InChI is InChI=1S/C13H17Cl2N3O2/c1-9(19)13(18-5-7-20-8-6-18)17-16-12-10(14)3-2-4-11(12)15/h2-4,10,12,16H,5-8H2,1H3/b17-13+/t10-,12-/m1/s1. The molecule has 0 aromatic carbocycles. The summed E-state index contributed by atoms with van der Waals surface area (Å²) < 4.78 is 5.27. The lowest BCUT2D eigenvalue weighted by Crippen LogP contribution is -2.45. The summed E-state index contributed by atoms with van der Waals surface area (Å²) in [7, 11) is 0. The summed E-state index contributed by atoms with van der Waals surface area (Å²) in [5.41, 5.74) is 2.90. The van der Waals surface area contributed by atoms with Crippen LogP contribution in [0.15, 0.2) is 28.4 Å².